The van der Waals surface area contributed by atoms with E-state index in [1.54, 1.807) is 28.4 Å². The summed E-state index contributed by atoms with van der Waals surface area (Å²) in [4.78, 5) is 28.8. The Kier molecular flexibility index (Phi) is 8.30. The molecule has 0 spiro atoms. The molecule has 11 heteroatoms. The maximum atomic E-state index is 12.3. The minimum absolute atomic E-state index is 0.0366. The van der Waals surface area contributed by atoms with Crippen LogP contribution in [0.1, 0.15) is 45.1 Å². The molecule has 1 aliphatic carbocycles. The molecule has 3 aromatic rings. The number of nitrogens with zero attached hydrogens (tertiary/aromatic N) is 4. The Morgan fingerprint density at radius 3 is 2.83 bits per heavy atom. The highest BCUT2D eigenvalue weighted by atomic mass is 79.9. The molecule has 10 nitrogen and oxygen atoms in total. The molecule has 1 unspecified atom stereocenters. The molecule has 3 heterocycles. The van der Waals surface area contributed by atoms with E-state index in [0.29, 0.717) is 24.6 Å². The van der Waals surface area contributed by atoms with E-state index in [-0.39, 0.29) is 29.4 Å². The summed E-state index contributed by atoms with van der Waals surface area (Å²) in [6.07, 6.45) is 7.66. The number of halogens is 1. The monoisotopic (exact) mass is 559 g/mol. The molecule has 194 valence electrons. The van der Waals surface area contributed by atoms with Crippen molar-refractivity contribution in [2.75, 3.05) is 17.2 Å². The largest absolute Gasteiger partial charge is 0.464 e. The smallest absolute Gasteiger partial charge is 0.323 e. The minimum atomic E-state index is -0.607. The van der Waals surface area contributed by atoms with Gasteiger partial charge in [0.05, 0.1) is 17.3 Å². The molecule has 0 saturated heterocycles. The van der Waals surface area contributed by atoms with Gasteiger partial charge in [-0.05, 0) is 40.3 Å². The first kappa shape index (κ1) is 26.2. The Labute approximate surface area is 218 Å². The van der Waals surface area contributed by atoms with Gasteiger partial charge < -0.3 is 25.7 Å². The SMILES string of the molecule is CC(C)C(N)C(=O)OC[C@@H]1CCCC[C@@H]1Nc1cc(NCc2ccc(=O)n(C)c2)n2ncc(Br)c2n1. The summed E-state index contributed by atoms with van der Waals surface area (Å²) in [6, 6.07) is 4.81. The van der Waals surface area contributed by atoms with Gasteiger partial charge in [-0.1, -0.05) is 32.8 Å². The summed E-state index contributed by atoms with van der Waals surface area (Å²) in [7, 11) is 1.73. The Balaban J connectivity index is 1.50. The van der Waals surface area contributed by atoms with Gasteiger partial charge >= 0.3 is 5.97 Å². The lowest BCUT2D eigenvalue weighted by atomic mass is 9.85. The van der Waals surface area contributed by atoms with E-state index in [1.807, 2.05) is 32.2 Å². The van der Waals surface area contributed by atoms with Gasteiger partial charge in [0.2, 0.25) is 5.56 Å². The van der Waals surface area contributed by atoms with Crippen molar-refractivity contribution < 1.29 is 9.53 Å². The summed E-state index contributed by atoms with van der Waals surface area (Å²) >= 11 is 3.54. The number of nitrogens with one attached hydrogen (secondary N) is 2. The van der Waals surface area contributed by atoms with Crippen LogP contribution in [0.15, 0.2) is 39.9 Å². The summed E-state index contributed by atoms with van der Waals surface area (Å²) in [5.41, 5.74) is 7.56. The van der Waals surface area contributed by atoms with Crippen LogP contribution in [0.2, 0.25) is 0 Å². The highest BCUT2D eigenvalue weighted by molar-refractivity contribution is 9.10. The van der Waals surface area contributed by atoms with Crippen molar-refractivity contribution in [3.05, 3.63) is 51.0 Å². The summed E-state index contributed by atoms with van der Waals surface area (Å²) < 4.78 is 9.68. The molecule has 4 rings (SSSR count). The van der Waals surface area contributed by atoms with E-state index in [0.717, 1.165) is 41.5 Å². The van der Waals surface area contributed by atoms with Crippen LogP contribution in [0.25, 0.3) is 5.65 Å². The average molecular weight is 560 g/mol. The molecule has 1 aliphatic rings. The number of carbonyl (C=O) groups is 1. The van der Waals surface area contributed by atoms with E-state index < -0.39 is 6.04 Å². The normalized spacial score (nSPS) is 18.8. The summed E-state index contributed by atoms with van der Waals surface area (Å²) in [5.74, 6) is 1.35. The number of esters is 1. The second-order valence-corrected chi connectivity index (χ2v) is 10.6. The lowest BCUT2D eigenvalue weighted by molar-refractivity contribution is -0.148. The van der Waals surface area contributed by atoms with Gasteiger partial charge in [0, 0.05) is 43.9 Å². The van der Waals surface area contributed by atoms with Gasteiger partial charge in [-0.15, -0.1) is 0 Å². The van der Waals surface area contributed by atoms with E-state index in [9.17, 15) is 9.59 Å². The molecule has 0 amide bonds. The molecule has 36 heavy (non-hydrogen) atoms. The standard InChI is InChI=1S/C25H34BrN7O3/c1-15(2)23(27)25(35)36-14-17-6-4-5-7-19(17)30-20-10-21(33-24(31-20)18(26)12-29-33)28-11-16-8-9-22(34)32(3)13-16/h8-10,12-13,15,17,19,23,28H,4-7,11,14,27H2,1-3H3,(H,30,31)/t17-,19-,23?/m0/s1. The number of fused-ring (bicyclic) bond motifs is 1. The molecule has 3 aromatic heterocycles. The van der Waals surface area contributed by atoms with Gasteiger partial charge in [0.25, 0.3) is 0 Å². The molecule has 3 atom stereocenters. The first-order valence-corrected chi connectivity index (χ1v) is 13.1. The maximum Gasteiger partial charge on any atom is 0.323 e. The first-order valence-electron chi connectivity index (χ1n) is 12.4. The second kappa shape index (κ2) is 11.4. The zero-order chi connectivity index (χ0) is 25.8. The molecular weight excluding hydrogens is 526 g/mol. The molecule has 4 N–H and O–H groups in total. The fraction of sp³-hybridized carbons (Fsp3) is 0.520. The highest BCUT2D eigenvalue weighted by Gasteiger charge is 2.28. The quantitative estimate of drug-likeness (QED) is 0.340. The van der Waals surface area contributed by atoms with E-state index in [1.165, 1.54) is 0 Å². The number of aryl methyl sites for hydroxylation is 1. The summed E-state index contributed by atoms with van der Waals surface area (Å²) in [5, 5.41) is 11.4. The van der Waals surface area contributed by atoms with Crippen molar-refractivity contribution in [1.29, 1.82) is 0 Å². The van der Waals surface area contributed by atoms with Crippen LogP contribution in [0.4, 0.5) is 11.6 Å². The van der Waals surface area contributed by atoms with Gasteiger partial charge in [-0.2, -0.15) is 9.61 Å². The van der Waals surface area contributed by atoms with Crippen molar-refractivity contribution in [2.24, 2.45) is 24.6 Å². The van der Waals surface area contributed by atoms with Crippen LogP contribution in [-0.4, -0.2) is 43.8 Å². The molecule has 0 radical (unpaired) electrons. The fourth-order valence-corrected chi connectivity index (χ4v) is 4.78. The zero-order valence-electron chi connectivity index (χ0n) is 20.9. The summed E-state index contributed by atoms with van der Waals surface area (Å²) in [6.45, 7) is 4.69. The van der Waals surface area contributed by atoms with Gasteiger partial charge in [0.1, 0.15) is 17.7 Å². The van der Waals surface area contributed by atoms with Crippen molar-refractivity contribution >= 4 is 39.2 Å². The topological polar surface area (TPSA) is 129 Å². The van der Waals surface area contributed by atoms with Crippen molar-refractivity contribution in [3.8, 4) is 0 Å². The molecule has 1 saturated carbocycles. The number of hydrogen-bond donors (Lipinski definition) is 3. The van der Waals surface area contributed by atoms with Crippen LogP contribution in [0, 0.1) is 11.8 Å². The number of ether oxygens (including phenoxy) is 1. The van der Waals surface area contributed by atoms with E-state index in [2.05, 4.69) is 31.7 Å². The zero-order valence-corrected chi connectivity index (χ0v) is 22.5. The predicted molar refractivity (Wildman–Crippen MR) is 143 cm³/mol. The Bertz CT molecular complexity index is 1270. The lowest BCUT2D eigenvalue weighted by Gasteiger charge is -2.32. The van der Waals surface area contributed by atoms with Crippen molar-refractivity contribution in [1.82, 2.24) is 19.2 Å². The third-order valence-corrected chi connectivity index (χ3v) is 7.28. The number of carbonyl (C=O) groups excluding carboxylic acids is 1. The average Bonchev–Trinajstić information content (AvgIpc) is 3.24. The lowest BCUT2D eigenvalue weighted by Crippen LogP contribution is -2.40. The number of pyridine rings is 1. The van der Waals surface area contributed by atoms with E-state index >= 15 is 0 Å². The maximum absolute atomic E-state index is 12.3. The Morgan fingerprint density at radius 2 is 2.08 bits per heavy atom. The van der Waals surface area contributed by atoms with Crippen LogP contribution >= 0.6 is 15.9 Å². The molecule has 0 aliphatic heterocycles. The Hall–Kier alpha value is -2.92. The van der Waals surface area contributed by atoms with E-state index in [4.69, 9.17) is 15.5 Å². The van der Waals surface area contributed by atoms with Crippen molar-refractivity contribution in [2.45, 2.75) is 58.2 Å². The van der Waals surface area contributed by atoms with Crippen molar-refractivity contribution in [3.63, 3.8) is 0 Å². The highest BCUT2D eigenvalue weighted by Crippen LogP contribution is 2.29. The van der Waals surface area contributed by atoms with Gasteiger partial charge in [-0.25, -0.2) is 4.98 Å². The second-order valence-electron chi connectivity index (χ2n) is 9.79. The molecule has 0 bridgehead atoms. The number of rotatable bonds is 9. The third kappa shape index (κ3) is 6.07. The third-order valence-electron chi connectivity index (χ3n) is 6.72. The Morgan fingerprint density at radius 1 is 1.31 bits per heavy atom. The molecule has 0 aromatic carbocycles. The number of hydrogen-bond acceptors (Lipinski definition) is 8. The fourth-order valence-electron chi connectivity index (χ4n) is 4.43. The van der Waals surface area contributed by atoms with Gasteiger partial charge in [0.15, 0.2) is 5.65 Å². The van der Waals surface area contributed by atoms with Crippen LogP contribution in [-0.2, 0) is 23.1 Å². The molecule has 1 fully saturated rings. The number of anilines is 2. The van der Waals surface area contributed by atoms with Gasteiger partial charge in [-0.3, -0.25) is 9.59 Å². The van der Waals surface area contributed by atoms with Crippen LogP contribution < -0.4 is 21.9 Å². The van der Waals surface area contributed by atoms with Crippen LogP contribution in [0.3, 0.4) is 0 Å². The number of nitrogens with two attached hydrogens (primary N) is 1. The van der Waals surface area contributed by atoms with Crippen LogP contribution in [0.5, 0.6) is 0 Å². The minimum Gasteiger partial charge on any atom is -0.464 e. The molecular formula is C25H34BrN7O3. The first-order chi connectivity index (χ1) is 17.2. The predicted octanol–water partition coefficient (Wildman–Crippen LogP) is 3.30. The number of aromatic nitrogens is 4.